The SMILES string of the molecule is Cc1ncc(S(=O)(=O)N2CCC(c3cnc(N(C)C)cc3C)CC2)s1. The van der Waals surface area contributed by atoms with Crippen LogP contribution < -0.4 is 4.90 Å². The predicted octanol–water partition coefficient (Wildman–Crippen LogP) is 2.79. The van der Waals surface area contributed by atoms with Gasteiger partial charge in [-0.2, -0.15) is 4.31 Å². The van der Waals surface area contributed by atoms with Gasteiger partial charge in [-0.15, -0.1) is 11.3 Å². The molecule has 25 heavy (non-hydrogen) atoms. The van der Waals surface area contributed by atoms with Gasteiger partial charge in [0.2, 0.25) is 0 Å². The molecule has 8 heteroatoms. The Balaban J connectivity index is 1.72. The number of pyridine rings is 1. The van der Waals surface area contributed by atoms with Gasteiger partial charge in [0.05, 0.1) is 11.2 Å². The molecule has 1 aliphatic rings. The van der Waals surface area contributed by atoms with Crippen LogP contribution in [0.15, 0.2) is 22.7 Å². The molecule has 2 aromatic rings. The number of hydrogen-bond donors (Lipinski definition) is 0. The molecule has 0 saturated carbocycles. The summed E-state index contributed by atoms with van der Waals surface area (Å²) in [5.41, 5.74) is 2.45. The third kappa shape index (κ3) is 3.70. The van der Waals surface area contributed by atoms with Crippen LogP contribution in [0.3, 0.4) is 0 Å². The van der Waals surface area contributed by atoms with E-state index in [1.807, 2.05) is 32.1 Å². The molecule has 0 atom stereocenters. The van der Waals surface area contributed by atoms with Crippen molar-refractivity contribution in [3.05, 3.63) is 34.6 Å². The molecule has 0 aromatic carbocycles. The number of hydrogen-bond acceptors (Lipinski definition) is 6. The molecule has 3 heterocycles. The van der Waals surface area contributed by atoms with Crippen molar-refractivity contribution in [3.63, 3.8) is 0 Å². The van der Waals surface area contributed by atoms with Crippen LogP contribution in [0.1, 0.15) is 34.9 Å². The monoisotopic (exact) mass is 380 g/mol. The highest BCUT2D eigenvalue weighted by molar-refractivity contribution is 7.91. The Morgan fingerprint density at radius 1 is 1.16 bits per heavy atom. The number of aryl methyl sites for hydroxylation is 2. The highest BCUT2D eigenvalue weighted by atomic mass is 32.2. The lowest BCUT2D eigenvalue weighted by molar-refractivity contribution is 0.319. The Labute approximate surface area is 153 Å². The first-order chi connectivity index (χ1) is 11.8. The van der Waals surface area contributed by atoms with Gasteiger partial charge in [0.15, 0.2) is 4.21 Å². The second-order valence-corrected chi connectivity index (χ2v) is 10.1. The molecule has 0 N–H and O–H groups in total. The van der Waals surface area contributed by atoms with E-state index in [0.29, 0.717) is 23.2 Å². The summed E-state index contributed by atoms with van der Waals surface area (Å²) in [4.78, 5) is 10.6. The number of thiazole rings is 1. The van der Waals surface area contributed by atoms with E-state index in [1.54, 1.807) is 4.31 Å². The summed E-state index contributed by atoms with van der Waals surface area (Å²) in [5, 5.41) is 0.774. The summed E-state index contributed by atoms with van der Waals surface area (Å²) in [6, 6.07) is 2.10. The van der Waals surface area contributed by atoms with Crippen LogP contribution >= 0.6 is 11.3 Å². The largest absolute Gasteiger partial charge is 0.363 e. The third-order valence-corrected chi connectivity index (χ3v) is 7.93. The van der Waals surface area contributed by atoms with Crippen molar-refractivity contribution < 1.29 is 8.42 Å². The fraction of sp³-hybridized carbons (Fsp3) is 0.529. The molecule has 0 unspecified atom stereocenters. The maximum Gasteiger partial charge on any atom is 0.254 e. The van der Waals surface area contributed by atoms with Crippen molar-refractivity contribution in [3.8, 4) is 0 Å². The zero-order valence-corrected chi connectivity index (χ0v) is 16.7. The molecule has 0 radical (unpaired) electrons. The number of nitrogens with zero attached hydrogens (tertiary/aromatic N) is 4. The number of sulfonamides is 1. The molecule has 1 aliphatic heterocycles. The van der Waals surface area contributed by atoms with E-state index < -0.39 is 10.0 Å². The van der Waals surface area contributed by atoms with Crippen molar-refractivity contribution in [2.75, 3.05) is 32.1 Å². The molecule has 0 amide bonds. The van der Waals surface area contributed by atoms with Crippen LogP contribution in [-0.2, 0) is 10.0 Å². The Morgan fingerprint density at radius 2 is 1.84 bits per heavy atom. The summed E-state index contributed by atoms with van der Waals surface area (Å²) in [6.07, 6.45) is 5.06. The molecule has 3 rings (SSSR count). The topological polar surface area (TPSA) is 66.4 Å². The highest BCUT2D eigenvalue weighted by Crippen LogP contribution is 2.33. The minimum atomic E-state index is -3.41. The molecule has 0 bridgehead atoms. The molecule has 0 spiro atoms. The lowest BCUT2D eigenvalue weighted by atomic mass is 9.89. The van der Waals surface area contributed by atoms with E-state index in [2.05, 4.69) is 23.0 Å². The Bertz CT molecular complexity index is 853. The van der Waals surface area contributed by atoms with Crippen molar-refractivity contribution in [2.24, 2.45) is 0 Å². The van der Waals surface area contributed by atoms with Gasteiger partial charge < -0.3 is 4.90 Å². The van der Waals surface area contributed by atoms with Crippen LogP contribution in [-0.4, -0.2) is 49.9 Å². The third-order valence-electron chi connectivity index (χ3n) is 4.68. The maximum atomic E-state index is 12.7. The molecule has 0 aliphatic carbocycles. The van der Waals surface area contributed by atoms with E-state index in [0.717, 1.165) is 23.7 Å². The number of rotatable bonds is 4. The van der Waals surface area contributed by atoms with Gasteiger partial charge in [-0.3, -0.25) is 0 Å². The van der Waals surface area contributed by atoms with Crippen LogP contribution in [0.2, 0.25) is 0 Å². The van der Waals surface area contributed by atoms with Crippen molar-refractivity contribution in [1.82, 2.24) is 14.3 Å². The predicted molar refractivity (Wildman–Crippen MR) is 101 cm³/mol. The van der Waals surface area contributed by atoms with Crippen LogP contribution in [0.4, 0.5) is 5.82 Å². The summed E-state index contributed by atoms with van der Waals surface area (Å²) in [5.74, 6) is 1.31. The molecule has 136 valence electrons. The van der Waals surface area contributed by atoms with Gasteiger partial charge in [0.25, 0.3) is 10.0 Å². The van der Waals surface area contributed by atoms with Crippen LogP contribution in [0.5, 0.6) is 0 Å². The second-order valence-electron chi connectivity index (χ2n) is 6.67. The molecular weight excluding hydrogens is 356 g/mol. The van der Waals surface area contributed by atoms with Gasteiger partial charge in [-0.1, -0.05) is 0 Å². The van der Waals surface area contributed by atoms with Gasteiger partial charge in [0.1, 0.15) is 5.82 Å². The van der Waals surface area contributed by atoms with E-state index in [1.165, 1.54) is 28.7 Å². The minimum Gasteiger partial charge on any atom is -0.363 e. The zero-order chi connectivity index (χ0) is 18.2. The lowest BCUT2D eigenvalue weighted by Crippen LogP contribution is -2.37. The summed E-state index contributed by atoms with van der Waals surface area (Å²) in [7, 11) is 0.548. The first-order valence-electron chi connectivity index (χ1n) is 8.35. The Hall–Kier alpha value is -1.51. The van der Waals surface area contributed by atoms with Gasteiger partial charge in [-0.05, 0) is 49.8 Å². The number of anilines is 1. The lowest BCUT2D eigenvalue weighted by Gasteiger charge is -2.31. The zero-order valence-electron chi connectivity index (χ0n) is 15.1. The first-order valence-corrected chi connectivity index (χ1v) is 10.6. The number of aromatic nitrogens is 2. The molecule has 1 fully saturated rings. The van der Waals surface area contributed by atoms with Crippen molar-refractivity contribution in [1.29, 1.82) is 0 Å². The molecule has 1 saturated heterocycles. The van der Waals surface area contributed by atoms with E-state index in [-0.39, 0.29) is 0 Å². The molecular formula is C17H24N4O2S2. The standard InChI is InChI=1S/C17H24N4O2S2/c1-12-9-16(20(3)4)19-10-15(12)14-5-7-21(8-6-14)25(22,23)17-11-18-13(2)24-17/h9-11,14H,5-8H2,1-4H3. The van der Waals surface area contributed by atoms with Crippen LogP contribution in [0, 0.1) is 13.8 Å². The molecule has 6 nitrogen and oxygen atoms in total. The number of piperidine rings is 1. The maximum absolute atomic E-state index is 12.7. The van der Waals surface area contributed by atoms with E-state index in [4.69, 9.17) is 0 Å². The first kappa shape index (κ1) is 18.3. The highest BCUT2D eigenvalue weighted by Gasteiger charge is 2.31. The van der Waals surface area contributed by atoms with E-state index in [9.17, 15) is 8.42 Å². The Kier molecular flexibility index (Phi) is 5.13. The summed E-state index contributed by atoms with van der Waals surface area (Å²) < 4.78 is 27.4. The van der Waals surface area contributed by atoms with Gasteiger partial charge in [0, 0.05) is 33.4 Å². The van der Waals surface area contributed by atoms with Gasteiger partial charge in [-0.25, -0.2) is 18.4 Å². The summed E-state index contributed by atoms with van der Waals surface area (Å²) >= 11 is 1.24. The van der Waals surface area contributed by atoms with Crippen molar-refractivity contribution >= 4 is 27.2 Å². The molecule has 2 aromatic heterocycles. The van der Waals surface area contributed by atoms with Crippen LogP contribution in [0.25, 0.3) is 0 Å². The second kappa shape index (κ2) is 7.01. The minimum absolute atomic E-state index is 0.344. The smallest absolute Gasteiger partial charge is 0.254 e. The van der Waals surface area contributed by atoms with E-state index >= 15 is 0 Å². The van der Waals surface area contributed by atoms with Crippen molar-refractivity contribution in [2.45, 2.75) is 36.8 Å². The average molecular weight is 381 g/mol. The fourth-order valence-corrected chi connectivity index (χ4v) is 5.95. The fourth-order valence-electron chi connectivity index (χ4n) is 3.22. The van der Waals surface area contributed by atoms with Gasteiger partial charge >= 0.3 is 0 Å². The Morgan fingerprint density at radius 3 is 2.36 bits per heavy atom. The summed E-state index contributed by atoms with van der Waals surface area (Å²) in [6.45, 7) is 5.01. The average Bonchev–Trinajstić information content (AvgIpc) is 3.02. The normalized spacial score (nSPS) is 17.0. The quantitative estimate of drug-likeness (QED) is 0.816.